The highest BCUT2D eigenvalue weighted by atomic mass is 32.1. The van der Waals surface area contributed by atoms with Crippen LogP contribution in [0.25, 0.3) is 69.1 Å². The quantitative estimate of drug-likeness (QED) is 0.173. The molecule has 0 aliphatic heterocycles. The highest BCUT2D eigenvalue weighted by Gasteiger charge is 2.21. The Morgan fingerprint density at radius 3 is 1.05 bits per heavy atom. The number of thiophene rings is 4. The topological polar surface area (TPSA) is 25.8 Å². The number of hydrogen-bond acceptors (Lipinski definition) is 8. The Bertz CT molecular complexity index is 2050. The van der Waals surface area contributed by atoms with Crippen LogP contribution in [0, 0.1) is 34.9 Å². The van der Waals surface area contributed by atoms with Gasteiger partial charge in [-0.15, -0.1) is 45.3 Å². The number of rotatable bonds is 4. The van der Waals surface area contributed by atoms with Gasteiger partial charge in [-0.1, -0.05) is 22.7 Å². The first kappa shape index (κ1) is 26.5. The van der Waals surface area contributed by atoms with Crippen molar-refractivity contribution in [2.45, 2.75) is 0 Å². The summed E-state index contributed by atoms with van der Waals surface area (Å²) in [5, 5.41) is 1.56. The molecule has 6 heterocycles. The van der Waals surface area contributed by atoms with Crippen molar-refractivity contribution >= 4 is 96.5 Å². The minimum absolute atomic E-state index is 0.239. The van der Waals surface area contributed by atoms with Gasteiger partial charge in [0.2, 0.25) is 0 Å². The smallest absolute Gasteiger partial charge is 0.155 e. The molecular formula is C28H8F6N2S6. The molecule has 42 heavy (non-hydrogen) atoms. The summed E-state index contributed by atoms with van der Waals surface area (Å²) in [7, 11) is 0. The van der Waals surface area contributed by atoms with Crippen molar-refractivity contribution in [1.29, 1.82) is 0 Å². The Kier molecular flexibility index (Phi) is 6.11. The Balaban J connectivity index is 1.08. The molecule has 2 nitrogen and oxygen atoms in total. The van der Waals surface area contributed by atoms with E-state index in [4.69, 9.17) is 9.97 Å². The summed E-state index contributed by atoms with van der Waals surface area (Å²) in [4.78, 5) is 13.7. The number of nitrogens with zero attached hydrogens (tertiary/aromatic N) is 2. The first-order valence-electron chi connectivity index (χ1n) is 11.8. The van der Waals surface area contributed by atoms with Gasteiger partial charge in [-0.2, -0.15) is 0 Å². The van der Waals surface area contributed by atoms with Gasteiger partial charge in [0.05, 0.1) is 20.9 Å². The second kappa shape index (κ2) is 9.69. The average Bonchev–Trinajstić information content (AvgIpc) is 3.69. The molecule has 8 rings (SSSR count). The van der Waals surface area contributed by atoms with Crippen molar-refractivity contribution < 1.29 is 26.3 Å². The van der Waals surface area contributed by atoms with Crippen LogP contribution in [0.1, 0.15) is 0 Å². The van der Waals surface area contributed by atoms with Gasteiger partial charge in [-0.3, -0.25) is 0 Å². The van der Waals surface area contributed by atoms with Crippen molar-refractivity contribution in [3.63, 3.8) is 0 Å². The van der Waals surface area contributed by atoms with Crippen LogP contribution >= 0.6 is 68.0 Å². The Morgan fingerprint density at radius 2 is 0.690 bits per heavy atom. The van der Waals surface area contributed by atoms with Gasteiger partial charge in [-0.05, 0) is 24.3 Å². The van der Waals surface area contributed by atoms with Crippen LogP contribution in [-0.2, 0) is 0 Å². The maximum Gasteiger partial charge on any atom is 0.155 e. The molecule has 0 bridgehead atoms. The number of benzene rings is 2. The molecule has 0 N–H and O–H groups in total. The lowest BCUT2D eigenvalue weighted by molar-refractivity contribution is 0.547. The third-order valence-corrected chi connectivity index (χ3v) is 13.3. The minimum Gasteiger partial charge on any atom is -0.222 e. The number of hydrogen-bond donors (Lipinski definition) is 0. The van der Waals surface area contributed by atoms with Gasteiger partial charge in [0, 0.05) is 52.8 Å². The van der Waals surface area contributed by atoms with E-state index in [2.05, 4.69) is 0 Å². The summed E-state index contributed by atoms with van der Waals surface area (Å²) in [6, 6.07) is 9.95. The van der Waals surface area contributed by atoms with E-state index in [1.54, 1.807) is 12.1 Å². The van der Waals surface area contributed by atoms with E-state index >= 15 is 0 Å². The normalized spacial score (nSPS) is 12.0. The van der Waals surface area contributed by atoms with Crippen LogP contribution in [0.2, 0.25) is 0 Å². The molecule has 0 aliphatic rings. The van der Waals surface area contributed by atoms with E-state index in [0.29, 0.717) is 34.0 Å². The predicted octanol–water partition coefficient (Wildman–Crippen LogP) is 11.8. The number of halogens is 6. The fourth-order valence-corrected chi connectivity index (χ4v) is 11.6. The molecule has 0 saturated carbocycles. The highest BCUT2D eigenvalue weighted by molar-refractivity contribution is 7.35. The lowest BCUT2D eigenvalue weighted by atomic mass is 10.1. The molecule has 0 saturated heterocycles. The molecule has 0 radical (unpaired) electrons. The third-order valence-electron chi connectivity index (χ3n) is 6.32. The molecule has 2 aromatic carbocycles. The molecule has 0 amide bonds. The summed E-state index contributed by atoms with van der Waals surface area (Å²) in [6.45, 7) is 0. The van der Waals surface area contributed by atoms with Crippen LogP contribution in [0.15, 0.2) is 48.5 Å². The van der Waals surface area contributed by atoms with Crippen LogP contribution in [0.5, 0.6) is 0 Å². The van der Waals surface area contributed by atoms with E-state index in [1.807, 2.05) is 12.1 Å². The second-order valence-corrected chi connectivity index (χ2v) is 15.3. The molecule has 6 aromatic heterocycles. The predicted molar refractivity (Wildman–Crippen MR) is 163 cm³/mol. The van der Waals surface area contributed by atoms with Gasteiger partial charge >= 0.3 is 0 Å². The van der Waals surface area contributed by atoms with Gasteiger partial charge in [0.1, 0.15) is 44.9 Å². The summed E-state index contributed by atoms with van der Waals surface area (Å²) < 4.78 is 87.1. The highest BCUT2D eigenvalue weighted by Crippen LogP contribution is 2.47. The van der Waals surface area contributed by atoms with E-state index in [0.717, 1.165) is 48.2 Å². The molecule has 208 valence electrons. The number of fused-ring (bicyclic) bond motifs is 3. The lowest BCUT2D eigenvalue weighted by Gasteiger charge is -2.02. The van der Waals surface area contributed by atoms with Crippen molar-refractivity contribution in [2.75, 3.05) is 0 Å². The zero-order chi connectivity index (χ0) is 28.9. The van der Waals surface area contributed by atoms with Crippen LogP contribution in [0.4, 0.5) is 26.3 Å². The van der Waals surface area contributed by atoms with Gasteiger partial charge < -0.3 is 0 Å². The Morgan fingerprint density at radius 1 is 0.381 bits per heavy atom. The Hall–Kier alpha value is -3.14. The third kappa shape index (κ3) is 4.31. The van der Waals surface area contributed by atoms with E-state index < -0.39 is 34.9 Å². The van der Waals surface area contributed by atoms with Gasteiger partial charge in [-0.25, -0.2) is 36.3 Å². The van der Waals surface area contributed by atoms with E-state index in [-0.39, 0.29) is 11.1 Å². The zero-order valence-corrected chi connectivity index (χ0v) is 25.1. The van der Waals surface area contributed by atoms with Crippen molar-refractivity contribution in [3.8, 4) is 40.7 Å². The molecule has 0 spiro atoms. The summed E-state index contributed by atoms with van der Waals surface area (Å²) >= 11 is 8.24. The van der Waals surface area contributed by atoms with Crippen molar-refractivity contribution in [2.24, 2.45) is 0 Å². The average molecular weight is 679 g/mol. The minimum atomic E-state index is -0.960. The number of aromatic nitrogens is 2. The molecule has 0 aliphatic carbocycles. The van der Waals surface area contributed by atoms with E-state index in [9.17, 15) is 26.3 Å². The standard InChI is InChI=1S/C28H8F6N2S6/c29-9-1-11(31)23(12(32)2-9)19-5-15-17(37-19)7-21(39-15)25-35-27-28(41-25)36-26(42-27)22-8-18-16(40-22)6-20(38-18)24-13(33)3-10(30)4-14(24)34/h1-8H. The maximum atomic E-state index is 14.3. The van der Waals surface area contributed by atoms with Crippen LogP contribution < -0.4 is 0 Å². The first-order chi connectivity index (χ1) is 20.2. The molecule has 8 aromatic rings. The first-order valence-corrected chi connectivity index (χ1v) is 16.7. The molecule has 0 unspecified atom stereocenters. The number of thiazole rings is 2. The molecule has 0 fully saturated rings. The van der Waals surface area contributed by atoms with Gasteiger partial charge in [0.15, 0.2) is 9.66 Å². The molecule has 14 heteroatoms. The van der Waals surface area contributed by atoms with Gasteiger partial charge in [0.25, 0.3) is 0 Å². The van der Waals surface area contributed by atoms with Crippen molar-refractivity contribution in [3.05, 3.63) is 83.4 Å². The second-order valence-electron chi connectivity index (χ2n) is 9.04. The molecular weight excluding hydrogens is 671 g/mol. The Labute approximate surface area is 255 Å². The summed E-state index contributed by atoms with van der Waals surface area (Å²) in [5.41, 5.74) is -0.477. The maximum absolute atomic E-state index is 14.3. The lowest BCUT2D eigenvalue weighted by Crippen LogP contribution is -1.90. The van der Waals surface area contributed by atoms with E-state index in [1.165, 1.54) is 68.0 Å². The monoisotopic (exact) mass is 678 g/mol. The molecule has 0 atom stereocenters. The zero-order valence-electron chi connectivity index (χ0n) is 20.2. The largest absolute Gasteiger partial charge is 0.222 e. The fourth-order valence-electron chi connectivity index (χ4n) is 4.54. The van der Waals surface area contributed by atoms with Crippen LogP contribution in [-0.4, -0.2) is 9.97 Å². The SMILES string of the molecule is Fc1cc(F)c(-c2cc3sc(-c4nc5sc(-c6cc7sc(-c8c(F)cc(F)cc8F)cc7s6)nc5s4)cc3s2)c(F)c1. The van der Waals surface area contributed by atoms with Crippen LogP contribution in [0.3, 0.4) is 0 Å². The summed E-state index contributed by atoms with van der Waals surface area (Å²) in [5.74, 6) is -5.68. The summed E-state index contributed by atoms with van der Waals surface area (Å²) in [6.07, 6.45) is 0. The fraction of sp³-hybridized carbons (Fsp3) is 0. The van der Waals surface area contributed by atoms with Crippen molar-refractivity contribution in [1.82, 2.24) is 9.97 Å².